The van der Waals surface area contributed by atoms with E-state index in [1.54, 1.807) is 6.20 Å². The van der Waals surface area contributed by atoms with Gasteiger partial charge in [-0.25, -0.2) is 9.78 Å². The van der Waals surface area contributed by atoms with Gasteiger partial charge in [-0.1, -0.05) is 39.3 Å². The number of fused-ring (bicyclic) bond motifs is 1. The SMILES string of the molecule is CCCCc1ccc2ccnc(NC(C(=O)O)C(C)C)c2c1. The highest BCUT2D eigenvalue weighted by molar-refractivity contribution is 5.93. The van der Waals surface area contributed by atoms with Crippen LogP contribution in [0.2, 0.25) is 0 Å². The Labute approximate surface area is 131 Å². The van der Waals surface area contributed by atoms with E-state index >= 15 is 0 Å². The maximum absolute atomic E-state index is 11.4. The topological polar surface area (TPSA) is 62.2 Å². The molecule has 2 N–H and O–H groups in total. The van der Waals surface area contributed by atoms with Crippen LogP contribution in [0.1, 0.15) is 39.2 Å². The summed E-state index contributed by atoms with van der Waals surface area (Å²) < 4.78 is 0. The molecule has 2 aromatic rings. The number of benzene rings is 1. The summed E-state index contributed by atoms with van der Waals surface area (Å²) >= 11 is 0. The van der Waals surface area contributed by atoms with Crippen molar-refractivity contribution in [3.63, 3.8) is 0 Å². The first kappa shape index (κ1) is 16.3. The molecule has 0 spiro atoms. The van der Waals surface area contributed by atoms with Gasteiger partial charge < -0.3 is 10.4 Å². The number of hydrogen-bond donors (Lipinski definition) is 2. The maximum Gasteiger partial charge on any atom is 0.326 e. The molecule has 2 rings (SSSR count). The van der Waals surface area contributed by atoms with Crippen molar-refractivity contribution in [3.8, 4) is 0 Å². The lowest BCUT2D eigenvalue weighted by atomic mass is 10.0. The Balaban J connectivity index is 2.37. The fourth-order valence-electron chi connectivity index (χ4n) is 2.53. The van der Waals surface area contributed by atoms with Gasteiger partial charge in [0.15, 0.2) is 0 Å². The van der Waals surface area contributed by atoms with Gasteiger partial charge in [-0.3, -0.25) is 0 Å². The van der Waals surface area contributed by atoms with Gasteiger partial charge in [0.05, 0.1) is 0 Å². The smallest absolute Gasteiger partial charge is 0.326 e. The number of aliphatic carboxylic acids is 1. The fraction of sp³-hybridized carbons (Fsp3) is 0.444. The van der Waals surface area contributed by atoms with Crippen LogP contribution in [-0.4, -0.2) is 22.1 Å². The first-order valence-electron chi connectivity index (χ1n) is 7.90. The van der Waals surface area contributed by atoms with Crippen LogP contribution in [0.15, 0.2) is 30.5 Å². The van der Waals surface area contributed by atoms with Crippen molar-refractivity contribution < 1.29 is 9.90 Å². The summed E-state index contributed by atoms with van der Waals surface area (Å²) in [4.78, 5) is 15.8. The van der Waals surface area contributed by atoms with E-state index in [-0.39, 0.29) is 5.92 Å². The summed E-state index contributed by atoms with van der Waals surface area (Å²) in [5, 5.41) is 14.5. The van der Waals surface area contributed by atoms with Crippen molar-refractivity contribution in [2.45, 2.75) is 46.1 Å². The number of carboxylic acids is 1. The van der Waals surface area contributed by atoms with Crippen LogP contribution in [-0.2, 0) is 11.2 Å². The Bertz CT molecular complexity index is 653. The third kappa shape index (κ3) is 3.75. The minimum Gasteiger partial charge on any atom is -0.480 e. The van der Waals surface area contributed by atoms with Crippen molar-refractivity contribution in [3.05, 3.63) is 36.0 Å². The van der Waals surface area contributed by atoms with Crippen LogP contribution < -0.4 is 5.32 Å². The molecule has 0 aliphatic rings. The lowest BCUT2D eigenvalue weighted by molar-refractivity contribution is -0.138. The van der Waals surface area contributed by atoms with Gasteiger partial charge in [-0.2, -0.15) is 0 Å². The van der Waals surface area contributed by atoms with E-state index in [9.17, 15) is 9.90 Å². The second kappa shape index (κ2) is 7.25. The molecule has 0 aliphatic heterocycles. The molecule has 1 aromatic carbocycles. The average Bonchev–Trinajstić information content (AvgIpc) is 2.49. The number of nitrogens with zero attached hydrogens (tertiary/aromatic N) is 1. The highest BCUT2D eigenvalue weighted by Gasteiger charge is 2.22. The monoisotopic (exact) mass is 300 g/mol. The zero-order valence-electron chi connectivity index (χ0n) is 13.5. The van der Waals surface area contributed by atoms with Crippen LogP contribution in [0, 0.1) is 5.92 Å². The number of anilines is 1. The third-order valence-electron chi connectivity index (χ3n) is 3.87. The number of pyridine rings is 1. The lowest BCUT2D eigenvalue weighted by Crippen LogP contribution is -2.34. The Morgan fingerprint density at radius 3 is 2.73 bits per heavy atom. The Morgan fingerprint density at radius 1 is 1.32 bits per heavy atom. The minimum absolute atomic E-state index is 0.0159. The molecule has 0 bridgehead atoms. The highest BCUT2D eigenvalue weighted by atomic mass is 16.4. The molecule has 1 unspecified atom stereocenters. The lowest BCUT2D eigenvalue weighted by Gasteiger charge is -2.19. The molecule has 1 atom stereocenters. The zero-order valence-corrected chi connectivity index (χ0v) is 13.5. The second-order valence-electron chi connectivity index (χ2n) is 6.02. The van der Waals surface area contributed by atoms with E-state index in [1.807, 2.05) is 19.9 Å². The van der Waals surface area contributed by atoms with Crippen molar-refractivity contribution in [1.29, 1.82) is 0 Å². The number of rotatable bonds is 7. The molecule has 0 radical (unpaired) electrons. The summed E-state index contributed by atoms with van der Waals surface area (Å²) in [6.45, 7) is 5.96. The number of aryl methyl sites for hydroxylation is 1. The van der Waals surface area contributed by atoms with Crippen LogP contribution >= 0.6 is 0 Å². The molecular weight excluding hydrogens is 276 g/mol. The molecule has 0 saturated carbocycles. The number of unbranched alkanes of at least 4 members (excludes halogenated alkanes) is 1. The number of carbonyl (C=O) groups is 1. The van der Waals surface area contributed by atoms with Crippen LogP contribution in [0.4, 0.5) is 5.82 Å². The van der Waals surface area contributed by atoms with Gasteiger partial charge in [-0.05, 0) is 41.8 Å². The average molecular weight is 300 g/mol. The van der Waals surface area contributed by atoms with Gasteiger partial charge in [0.25, 0.3) is 0 Å². The minimum atomic E-state index is -0.851. The van der Waals surface area contributed by atoms with Crippen LogP contribution in [0.5, 0.6) is 0 Å². The molecule has 0 saturated heterocycles. The van der Waals surface area contributed by atoms with E-state index in [4.69, 9.17) is 0 Å². The summed E-state index contributed by atoms with van der Waals surface area (Å²) in [6, 6.07) is 7.66. The summed E-state index contributed by atoms with van der Waals surface area (Å²) in [6.07, 6.45) is 5.06. The largest absolute Gasteiger partial charge is 0.480 e. The molecule has 118 valence electrons. The van der Waals surface area contributed by atoms with Crippen LogP contribution in [0.3, 0.4) is 0 Å². The zero-order chi connectivity index (χ0) is 16.1. The van der Waals surface area contributed by atoms with E-state index in [0.717, 1.165) is 30.0 Å². The molecule has 1 aromatic heterocycles. The van der Waals surface area contributed by atoms with Crippen molar-refractivity contribution in [2.75, 3.05) is 5.32 Å². The summed E-state index contributed by atoms with van der Waals surface area (Å²) in [7, 11) is 0. The Kier molecular flexibility index (Phi) is 5.36. The van der Waals surface area contributed by atoms with Gasteiger partial charge in [-0.15, -0.1) is 0 Å². The Morgan fingerprint density at radius 2 is 2.09 bits per heavy atom. The Hall–Kier alpha value is -2.10. The standard InChI is InChI=1S/C18H24N2O2/c1-4-5-6-13-7-8-14-9-10-19-17(15(14)11-13)20-16(12(2)3)18(21)22/h7-12,16H,4-6H2,1-3H3,(H,19,20)(H,21,22). The van der Waals surface area contributed by atoms with Gasteiger partial charge in [0.2, 0.25) is 0 Å². The van der Waals surface area contributed by atoms with E-state index in [0.29, 0.717) is 5.82 Å². The fourth-order valence-corrected chi connectivity index (χ4v) is 2.53. The van der Waals surface area contributed by atoms with Gasteiger partial charge in [0, 0.05) is 11.6 Å². The second-order valence-corrected chi connectivity index (χ2v) is 6.02. The van der Waals surface area contributed by atoms with E-state index < -0.39 is 12.0 Å². The molecule has 0 amide bonds. The molecule has 4 nitrogen and oxygen atoms in total. The predicted octanol–water partition coefficient (Wildman–Crippen LogP) is 4.10. The molecule has 0 aliphatic carbocycles. The summed E-state index contributed by atoms with van der Waals surface area (Å²) in [5.74, 6) is -0.217. The van der Waals surface area contributed by atoms with E-state index in [2.05, 4.69) is 35.4 Å². The molecule has 1 heterocycles. The molecule has 22 heavy (non-hydrogen) atoms. The third-order valence-corrected chi connectivity index (χ3v) is 3.87. The molecule has 0 fully saturated rings. The molecule has 4 heteroatoms. The number of carboxylic acid groups (broad SMARTS) is 1. The number of hydrogen-bond acceptors (Lipinski definition) is 3. The maximum atomic E-state index is 11.4. The van der Waals surface area contributed by atoms with E-state index in [1.165, 1.54) is 5.56 Å². The summed E-state index contributed by atoms with van der Waals surface area (Å²) in [5.41, 5.74) is 1.27. The van der Waals surface area contributed by atoms with Crippen LogP contribution in [0.25, 0.3) is 10.8 Å². The van der Waals surface area contributed by atoms with Crippen molar-refractivity contribution in [2.24, 2.45) is 5.92 Å². The van der Waals surface area contributed by atoms with Crippen molar-refractivity contribution in [1.82, 2.24) is 4.98 Å². The predicted molar refractivity (Wildman–Crippen MR) is 90.2 cm³/mol. The number of nitrogens with one attached hydrogen (secondary N) is 1. The normalized spacial score (nSPS) is 12.5. The van der Waals surface area contributed by atoms with Gasteiger partial charge in [0.1, 0.15) is 11.9 Å². The molecular formula is C18H24N2O2. The quantitative estimate of drug-likeness (QED) is 0.808. The first-order chi connectivity index (χ1) is 10.5. The highest BCUT2D eigenvalue weighted by Crippen LogP contribution is 2.24. The number of aromatic nitrogens is 1. The van der Waals surface area contributed by atoms with Crippen molar-refractivity contribution >= 4 is 22.6 Å². The first-order valence-corrected chi connectivity index (χ1v) is 7.90. The van der Waals surface area contributed by atoms with Gasteiger partial charge >= 0.3 is 5.97 Å².